The summed E-state index contributed by atoms with van der Waals surface area (Å²) in [7, 11) is 0. The summed E-state index contributed by atoms with van der Waals surface area (Å²) < 4.78 is 0. The number of carbonyl (C=O) groups is 1. The Labute approximate surface area is 114 Å². The van der Waals surface area contributed by atoms with E-state index in [1.165, 1.54) is 5.56 Å². The van der Waals surface area contributed by atoms with Gasteiger partial charge in [-0.2, -0.15) is 0 Å². The molecule has 2 aliphatic heterocycles. The highest BCUT2D eigenvalue weighted by Crippen LogP contribution is 2.47. The number of aromatic nitrogens is 1. The molecule has 1 amide bonds. The lowest BCUT2D eigenvalue weighted by molar-refractivity contribution is -0.131. The first kappa shape index (κ1) is 12.6. The molecule has 0 saturated carbocycles. The van der Waals surface area contributed by atoms with Gasteiger partial charge in [0.2, 0.25) is 5.91 Å². The molecule has 4 nitrogen and oxygen atoms in total. The van der Waals surface area contributed by atoms with Gasteiger partial charge in [-0.3, -0.25) is 9.78 Å². The second kappa shape index (κ2) is 4.93. The molecule has 0 unspecified atom stereocenters. The molecule has 2 fully saturated rings. The van der Waals surface area contributed by atoms with Crippen LogP contribution in [0.3, 0.4) is 0 Å². The van der Waals surface area contributed by atoms with Crippen molar-refractivity contribution in [2.24, 2.45) is 0 Å². The Morgan fingerprint density at radius 1 is 1.37 bits per heavy atom. The van der Waals surface area contributed by atoms with E-state index < -0.39 is 0 Å². The lowest BCUT2D eigenvalue weighted by atomic mass is 9.74. The van der Waals surface area contributed by atoms with Crippen LogP contribution in [-0.4, -0.2) is 41.0 Å². The van der Waals surface area contributed by atoms with Crippen molar-refractivity contribution >= 4 is 5.91 Å². The summed E-state index contributed by atoms with van der Waals surface area (Å²) in [6, 6.07) is 4.14. The van der Waals surface area contributed by atoms with E-state index in [-0.39, 0.29) is 5.54 Å². The SMILES string of the molecule is CCN1C(=O)C[C@H](c2ccncc2)C12CCNCC2. The summed E-state index contributed by atoms with van der Waals surface area (Å²) in [5.41, 5.74) is 1.29. The van der Waals surface area contributed by atoms with Crippen molar-refractivity contribution in [3.63, 3.8) is 0 Å². The van der Waals surface area contributed by atoms with E-state index in [2.05, 4.69) is 34.3 Å². The third kappa shape index (κ3) is 1.94. The molecule has 2 saturated heterocycles. The highest BCUT2D eigenvalue weighted by atomic mass is 16.2. The Morgan fingerprint density at radius 2 is 2.05 bits per heavy atom. The van der Waals surface area contributed by atoms with Crippen LogP contribution in [0.15, 0.2) is 24.5 Å². The van der Waals surface area contributed by atoms with E-state index in [0.29, 0.717) is 18.2 Å². The Bertz CT molecular complexity index is 454. The van der Waals surface area contributed by atoms with Gasteiger partial charge in [-0.05, 0) is 50.6 Å². The van der Waals surface area contributed by atoms with Gasteiger partial charge in [-0.1, -0.05) is 0 Å². The van der Waals surface area contributed by atoms with Crippen molar-refractivity contribution in [3.8, 4) is 0 Å². The highest BCUT2D eigenvalue weighted by Gasteiger charge is 2.52. The number of likely N-dealkylation sites (N-methyl/N-ethyl adjacent to an activating group) is 1. The van der Waals surface area contributed by atoms with Gasteiger partial charge in [-0.15, -0.1) is 0 Å². The maximum Gasteiger partial charge on any atom is 0.223 e. The van der Waals surface area contributed by atoms with E-state index in [1.54, 1.807) is 0 Å². The molecule has 1 aromatic heterocycles. The normalized spacial score (nSPS) is 26.1. The standard InChI is InChI=1S/C15H21N3O/c1-2-18-14(19)11-13(12-3-7-16-8-4-12)15(18)5-9-17-10-6-15/h3-4,7-8,13,17H,2,5-6,9-11H2,1H3/t13-/m1/s1. The van der Waals surface area contributed by atoms with Crippen LogP contribution in [0.5, 0.6) is 0 Å². The first-order valence-corrected chi connectivity index (χ1v) is 7.19. The van der Waals surface area contributed by atoms with Gasteiger partial charge in [-0.25, -0.2) is 0 Å². The van der Waals surface area contributed by atoms with E-state index in [0.717, 1.165) is 32.5 Å². The minimum Gasteiger partial charge on any atom is -0.337 e. The average molecular weight is 259 g/mol. The molecular formula is C15H21N3O. The van der Waals surface area contributed by atoms with Crippen LogP contribution in [-0.2, 0) is 4.79 Å². The van der Waals surface area contributed by atoms with Crippen LogP contribution in [0.25, 0.3) is 0 Å². The first-order chi connectivity index (χ1) is 9.28. The monoisotopic (exact) mass is 259 g/mol. The molecule has 1 N–H and O–H groups in total. The second-order valence-electron chi connectivity index (χ2n) is 5.53. The molecule has 1 spiro atoms. The number of rotatable bonds is 2. The largest absolute Gasteiger partial charge is 0.337 e. The quantitative estimate of drug-likeness (QED) is 0.876. The predicted octanol–water partition coefficient (Wildman–Crippen LogP) is 1.54. The van der Waals surface area contributed by atoms with Crippen LogP contribution in [0.4, 0.5) is 0 Å². The number of nitrogens with one attached hydrogen (secondary N) is 1. The van der Waals surface area contributed by atoms with E-state index >= 15 is 0 Å². The molecule has 3 heterocycles. The predicted molar refractivity (Wildman–Crippen MR) is 73.8 cm³/mol. The fourth-order valence-electron chi connectivity index (χ4n) is 3.90. The number of nitrogens with zero attached hydrogens (tertiary/aromatic N) is 2. The van der Waals surface area contributed by atoms with Crippen LogP contribution in [0.2, 0.25) is 0 Å². The number of hydrogen-bond acceptors (Lipinski definition) is 3. The van der Waals surface area contributed by atoms with Gasteiger partial charge in [0.1, 0.15) is 0 Å². The van der Waals surface area contributed by atoms with E-state index in [9.17, 15) is 4.79 Å². The number of piperidine rings is 1. The third-order valence-corrected chi connectivity index (χ3v) is 4.76. The maximum atomic E-state index is 12.4. The third-order valence-electron chi connectivity index (χ3n) is 4.76. The van der Waals surface area contributed by atoms with Crippen molar-refractivity contribution in [1.82, 2.24) is 15.2 Å². The zero-order chi connectivity index (χ0) is 13.3. The molecule has 102 valence electrons. The molecule has 0 aliphatic carbocycles. The number of pyridine rings is 1. The number of hydrogen-bond donors (Lipinski definition) is 1. The summed E-state index contributed by atoms with van der Waals surface area (Å²) >= 11 is 0. The maximum absolute atomic E-state index is 12.4. The summed E-state index contributed by atoms with van der Waals surface area (Å²) in [6.45, 7) is 4.92. The van der Waals surface area contributed by atoms with Gasteiger partial charge >= 0.3 is 0 Å². The number of amides is 1. The fraction of sp³-hybridized carbons (Fsp3) is 0.600. The lowest BCUT2D eigenvalue weighted by Crippen LogP contribution is -2.54. The average Bonchev–Trinajstić information content (AvgIpc) is 2.72. The summed E-state index contributed by atoms with van der Waals surface area (Å²) in [5, 5.41) is 3.42. The molecule has 19 heavy (non-hydrogen) atoms. The van der Waals surface area contributed by atoms with Crippen LogP contribution >= 0.6 is 0 Å². The van der Waals surface area contributed by atoms with Crippen molar-refractivity contribution in [2.75, 3.05) is 19.6 Å². The number of likely N-dealkylation sites (tertiary alicyclic amines) is 1. The Hall–Kier alpha value is -1.42. The molecular weight excluding hydrogens is 238 g/mol. The van der Waals surface area contributed by atoms with Crippen molar-refractivity contribution < 1.29 is 4.79 Å². The van der Waals surface area contributed by atoms with Gasteiger partial charge in [0.05, 0.1) is 5.54 Å². The smallest absolute Gasteiger partial charge is 0.223 e. The minimum absolute atomic E-state index is 0.0262. The van der Waals surface area contributed by atoms with Crippen LogP contribution in [0.1, 0.15) is 37.7 Å². The molecule has 1 aromatic rings. The molecule has 2 aliphatic rings. The van der Waals surface area contributed by atoms with Gasteiger partial charge in [0.15, 0.2) is 0 Å². The zero-order valence-corrected chi connectivity index (χ0v) is 11.4. The van der Waals surface area contributed by atoms with Gasteiger partial charge in [0.25, 0.3) is 0 Å². The van der Waals surface area contributed by atoms with Crippen molar-refractivity contribution in [2.45, 2.75) is 37.6 Å². The lowest BCUT2D eigenvalue weighted by Gasteiger charge is -2.45. The zero-order valence-electron chi connectivity index (χ0n) is 11.4. The van der Waals surface area contributed by atoms with Crippen LogP contribution < -0.4 is 5.32 Å². The Kier molecular flexibility index (Phi) is 3.27. The second-order valence-corrected chi connectivity index (χ2v) is 5.53. The molecule has 0 bridgehead atoms. The summed E-state index contributed by atoms with van der Waals surface area (Å²) in [5.74, 6) is 0.635. The summed E-state index contributed by atoms with van der Waals surface area (Å²) in [4.78, 5) is 18.6. The Balaban J connectivity index is 2.00. The van der Waals surface area contributed by atoms with Crippen LogP contribution in [0, 0.1) is 0 Å². The molecule has 4 heteroatoms. The van der Waals surface area contributed by atoms with E-state index in [4.69, 9.17) is 0 Å². The molecule has 3 rings (SSSR count). The first-order valence-electron chi connectivity index (χ1n) is 7.19. The van der Waals surface area contributed by atoms with Crippen molar-refractivity contribution in [1.29, 1.82) is 0 Å². The van der Waals surface area contributed by atoms with Gasteiger partial charge < -0.3 is 10.2 Å². The van der Waals surface area contributed by atoms with Crippen molar-refractivity contribution in [3.05, 3.63) is 30.1 Å². The summed E-state index contributed by atoms with van der Waals surface area (Å²) in [6.07, 6.45) is 6.43. The molecule has 1 atom stereocenters. The number of carbonyl (C=O) groups excluding carboxylic acids is 1. The topological polar surface area (TPSA) is 45.2 Å². The Morgan fingerprint density at radius 3 is 2.68 bits per heavy atom. The molecule has 0 radical (unpaired) electrons. The highest BCUT2D eigenvalue weighted by molar-refractivity contribution is 5.81. The molecule has 0 aromatic carbocycles. The van der Waals surface area contributed by atoms with Gasteiger partial charge in [0, 0.05) is 31.3 Å². The minimum atomic E-state index is 0.0262. The fourth-order valence-corrected chi connectivity index (χ4v) is 3.90. The van der Waals surface area contributed by atoms with E-state index in [1.807, 2.05) is 12.4 Å².